The van der Waals surface area contributed by atoms with Crippen LogP contribution >= 0.6 is 23.2 Å². The minimum atomic E-state index is -0.687. The Balaban J connectivity index is 1.51. The van der Waals surface area contributed by atoms with Gasteiger partial charge in [-0.15, -0.1) is 0 Å². The average Bonchev–Trinajstić information content (AvgIpc) is 3.15. The van der Waals surface area contributed by atoms with Crippen LogP contribution in [0.25, 0.3) is 11.3 Å². The SMILES string of the molecule is O=C(CC[C@H](O)c1ccccc1)N/N=C\c1ccc(-c2ccc(Cl)cc2Cl)o1. The first kappa shape index (κ1) is 20.1. The van der Waals surface area contributed by atoms with E-state index in [2.05, 4.69) is 10.5 Å². The number of hydrogen-bond donors (Lipinski definition) is 2. The van der Waals surface area contributed by atoms with E-state index in [0.29, 0.717) is 33.6 Å². The molecule has 3 aromatic rings. The first-order valence-corrected chi connectivity index (χ1v) is 9.38. The zero-order chi connectivity index (χ0) is 19.9. The van der Waals surface area contributed by atoms with Crippen LogP contribution in [0.3, 0.4) is 0 Å². The number of hydrazone groups is 1. The minimum absolute atomic E-state index is 0.150. The fraction of sp³-hybridized carbons (Fsp3) is 0.143. The van der Waals surface area contributed by atoms with Gasteiger partial charge in [0, 0.05) is 17.0 Å². The molecular formula is C21H18Cl2N2O3. The van der Waals surface area contributed by atoms with Gasteiger partial charge in [-0.05, 0) is 42.3 Å². The molecule has 0 radical (unpaired) electrons. The number of furan rings is 1. The number of aliphatic hydroxyl groups is 1. The first-order chi connectivity index (χ1) is 13.5. The Labute approximate surface area is 172 Å². The van der Waals surface area contributed by atoms with Crippen LogP contribution in [0.4, 0.5) is 0 Å². The number of nitrogens with one attached hydrogen (secondary N) is 1. The molecule has 1 aromatic heterocycles. The van der Waals surface area contributed by atoms with Gasteiger partial charge in [0.05, 0.1) is 17.3 Å². The van der Waals surface area contributed by atoms with Gasteiger partial charge in [0.25, 0.3) is 0 Å². The summed E-state index contributed by atoms with van der Waals surface area (Å²) in [6.07, 6.45) is 1.18. The zero-order valence-electron chi connectivity index (χ0n) is 14.8. The van der Waals surface area contributed by atoms with Crippen molar-refractivity contribution in [2.75, 3.05) is 0 Å². The van der Waals surface area contributed by atoms with E-state index in [1.54, 1.807) is 30.3 Å². The van der Waals surface area contributed by atoms with Crippen LogP contribution in [-0.4, -0.2) is 17.2 Å². The molecule has 7 heteroatoms. The van der Waals surface area contributed by atoms with Gasteiger partial charge in [-0.1, -0.05) is 53.5 Å². The molecule has 0 spiro atoms. The van der Waals surface area contributed by atoms with Crippen LogP contribution in [0.2, 0.25) is 10.0 Å². The van der Waals surface area contributed by atoms with Gasteiger partial charge in [0.1, 0.15) is 11.5 Å². The third kappa shape index (κ3) is 5.45. The lowest BCUT2D eigenvalue weighted by molar-refractivity contribution is -0.121. The summed E-state index contributed by atoms with van der Waals surface area (Å²) in [6, 6.07) is 17.8. The highest BCUT2D eigenvalue weighted by Crippen LogP contribution is 2.31. The molecule has 0 saturated carbocycles. The first-order valence-electron chi connectivity index (χ1n) is 8.63. The molecule has 0 bridgehead atoms. The molecule has 2 N–H and O–H groups in total. The van der Waals surface area contributed by atoms with Crippen molar-refractivity contribution in [3.05, 3.63) is 82.0 Å². The summed E-state index contributed by atoms with van der Waals surface area (Å²) in [7, 11) is 0. The molecule has 5 nitrogen and oxygen atoms in total. The van der Waals surface area contributed by atoms with Crippen molar-refractivity contribution < 1.29 is 14.3 Å². The van der Waals surface area contributed by atoms with Gasteiger partial charge >= 0.3 is 0 Å². The molecule has 28 heavy (non-hydrogen) atoms. The number of rotatable bonds is 7. The number of hydrogen-bond acceptors (Lipinski definition) is 4. The Morgan fingerprint density at radius 2 is 1.93 bits per heavy atom. The molecule has 0 fully saturated rings. The Morgan fingerprint density at radius 1 is 1.14 bits per heavy atom. The van der Waals surface area contributed by atoms with Crippen molar-refractivity contribution in [1.29, 1.82) is 0 Å². The van der Waals surface area contributed by atoms with Crippen LogP contribution in [0, 0.1) is 0 Å². The molecule has 144 valence electrons. The van der Waals surface area contributed by atoms with Crippen LogP contribution in [0.5, 0.6) is 0 Å². The number of nitrogens with zero attached hydrogens (tertiary/aromatic N) is 1. The highest BCUT2D eigenvalue weighted by atomic mass is 35.5. The molecule has 2 aromatic carbocycles. The maximum Gasteiger partial charge on any atom is 0.240 e. The maximum atomic E-state index is 11.9. The molecule has 1 heterocycles. The van der Waals surface area contributed by atoms with E-state index >= 15 is 0 Å². The second-order valence-electron chi connectivity index (χ2n) is 6.08. The Hall–Kier alpha value is -2.60. The van der Waals surface area contributed by atoms with E-state index in [-0.39, 0.29) is 12.3 Å². The fourth-order valence-corrected chi connectivity index (χ4v) is 3.09. The lowest BCUT2D eigenvalue weighted by atomic mass is 10.1. The van der Waals surface area contributed by atoms with Gasteiger partial charge < -0.3 is 9.52 Å². The molecule has 0 aliphatic rings. The van der Waals surface area contributed by atoms with Crippen molar-refractivity contribution in [3.8, 4) is 11.3 Å². The van der Waals surface area contributed by atoms with E-state index in [1.165, 1.54) is 6.21 Å². The fourth-order valence-electron chi connectivity index (χ4n) is 2.59. The molecule has 0 saturated heterocycles. The zero-order valence-corrected chi connectivity index (χ0v) is 16.3. The summed E-state index contributed by atoms with van der Waals surface area (Å²) in [5.74, 6) is 0.741. The van der Waals surface area contributed by atoms with E-state index in [4.69, 9.17) is 27.6 Å². The Morgan fingerprint density at radius 3 is 2.68 bits per heavy atom. The lowest BCUT2D eigenvalue weighted by Gasteiger charge is -2.09. The van der Waals surface area contributed by atoms with E-state index in [9.17, 15) is 9.90 Å². The molecule has 3 rings (SSSR count). The van der Waals surface area contributed by atoms with E-state index < -0.39 is 6.10 Å². The molecule has 1 amide bonds. The molecular weight excluding hydrogens is 399 g/mol. The quantitative estimate of drug-likeness (QED) is 0.409. The molecule has 1 atom stereocenters. The average molecular weight is 417 g/mol. The van der Waals surface area contributed by atoms with Crippen molar-refractivity contribution >= 4 is 35.3 Å². The highest BCUT2D eigenvalue weighted by molar-refractivity contribution is 6.36. The number of halogens is 2. The van der Waals surface area contributed by atoms with Crippen LogP contribution < -0.4 is 5.43 Å². The molecule has 0 unspecified atom stereocenters. The lowest BCUT2D eigenvalue weighted by Crippen LogP contribution is -2.18. The Kier molecular flexibility index (Phi) is 6.87. The van der Waals surface area contributed by atoms with Crippen LogP contribution in [0.1, 0.15) is 30.3 Å². The van der Waals surface area contributed by atoms with Crippen LogP contribution in [-0.2, 0) is 4.79 Å². The van der Waals surface area contributed by atoms with Gasteiger partial charge in [-0.3, -0.25) is 4.79 Å². The summed E-state index contributed by atoms with van der Waals surface area (Å²) in [6.45, 7) is 0. The minimum Gasteiger partial charge on any atom is -0.455 e. The van der Waals surface area contributed by atoms with Gasteiger partial charge in [0.2, 0.25) is 5.91 Å². The largest absolute Gasteiger partial charge is 0.455 e. The standard InChI is InChI=1S/C21H18Cl2N2O3/c22-15-6-8-17(18(23)12-15)20-10-7-16(28-20)13-24-25-21(27)11-9-19(26)14-4-2-1-3-5-14/h1-8,10,12-13,19,26H,9,11H2,(H,25,27)/b24-13-/t19-/m0/s1. The van der Waals surface area contributed by atoms with Gasteiger partial charge in [0.15, 0.2) is 0 Å². The summed E-state index contributed by atoms with van der Waals surface area (Å²) < 4.78 is 5.66. The third-order valence-corrected chi connectivity index (χ3v) is 4.58. The predicted molar refractivity (Wildman–Crippen MR) is 111 cm³/mol. The molecule has 0 aliphatic carbocycles. The second kappa shape index (κ2) is 9.55. The summed E-state index contributed by atoms with van der Waals surface area (Å²) in [4.78, 5) is 11.9. The maximum absolute atomic E-state index is 11.9. The number of aliphatic hydroxyl groups excluding tert-OH is 1. The normalized spacial score (nSPS) is 12.2. The second-order valence-corrected chi connectivity index (χ2v) is 6.93. The van der Waals surface area contributed by atoms with Crippen molar-refractivity contribution in [1.82, 2.24) is 5.43 Å². The number of carbonyl (C=O) groups excluding carboxylic acids is 1. The molecule has 0 aliphatic heterocycles. The third-order valence-electron chi connectivity index (χ3n) is 4.03. The van der Waals surface area contributed by atoms with E-state index in [0.717, 1.165) is 5.56 Å². The Bertz CT molecular complexity index is 971. The predicted octanol–water partition coefficient (Wildman–Crippen LogP) is 5.22. The summed E-state index contributed by atoms with van der Waals surface area (Å²) in [5.41, 5.74) is 3.91. The number of carbonyl (C=O) groups is 1. The van der Waals surface area contributed by atoms with Crippen molar-refractivity contribution in [3.63, 3.8) is 0 Å². The smallest absolute Gasteiger partial charge is 0.240 e. The number of amides is 1. The van der Waals surface area contributed by atoms with Gasteiger partial charge in [-0.2, -0.15) is 5.10 Å². The highest BCUT2D eigenvalue weighted by Gasteiger charge is 2.10. The number of benzene rings is 2. The monoisotopic (exact) mass is 416 g/mol. The van der Waals surface area contributed by atoms with Crippen molar-refractivity contribution in [2.45, 2.75) is 18.9 Å². The topological polar surface area (TPSA) is 74.8 Å². The van der Waals surface area contributed by atoms with E-state index in [1.807, 2.05) is 30.3 Å². The van der Waals surface area contributed by atoms with Gasteiger partial charge in [-0.25, -0.2) is 5.43 Å². The summed E-state index contributed by atoms with van der Waals surface area (Å²) >= 11 is 12.1. The summed E-state index contributed by atoms with van der Waals surface area (Å²) in [5, 5.41) is 15.0. The van der Waals surface area contributed by atoms with Crippen molar-refractivity contribution in [2.24, 2.45) is 5.10 Å². The van der Waals surface area contributed by atoms with Crippen LogP contribution in [0.15, 0.2) is 70.2 Å².